The Morgan fingerprint density at radius 2 is 2.21 bits per heavy atom. The lowest BCUT2D eigenvalue weighted by Crippen LogP contribution is -2.09. The van der Waals surface area contributed by atoms with Crippen molar-refractivity contribution in [1.29, 1.82) is 0 Å². The van der Waals surface area contributed by atoms with Crippen molar-refractivity contribution in [3.05, 3.63) is 47.6 Å². The van der Waals surface area contributed by atoms with E-state index in [4.69, 9.17) is 11.6 Å². The number of aliphatic imine (C=N–C) groups is 2. The third kappa shape index (κ3) is 3.17. The van der Waals surface area contributed by atoms with Crippen molar-refractivity contribution in [2.75, 3.05) is 5.32 Å². The van der Waals surface area contributed by atoms with Crippen LogP contribution >= 0.6 is 11.6 Å². The van der Waals surface area contributed by atoms with E-state index in [1.54, 1.807) is 18.3 Å². The molecule has 0 amide bonds. The zero-order chi connectivity index (χ0) is 13.7. The summed E-state index contributed by atoms with van der Waals surface area (Å²) >= 11 is 6.12. The largest absolute Gasteiger partial charge is 0.309 e. The maximum absolute atomic E-state index is 6.12. The minimum atomic E-state index is 0.386. The monoisotopic (exact) mass is 272 g/mol. The molecule has 4 nitrogen and oxygen atoms in total. The first-order chi connectivity index (χ1) is 9.24. The second-order valence-electron chi connectivity index (χ2n) is 3.73. The predicted molar refractivity (Wildman–Crippen MR) is 82.2 cm³/mol. The Kier molecular flexibility index (Phi) is 4.26. The highest BCUT2D eigenvalue weighted by Gasteiger charge is 2.03. The van der Waals surface area contributed by atoms with Crippen LogP contribution in [0.2, 0.25) is 5.02 Å². The fraction of sp³-hybridized carbons (Fsp3) is 0.0714. The first kappa shape index (κ1) is 13.2. The van der Waals surface area contributed by atoms with Crippen LogP contribution in [0.3, 0.4) is 0 Å². The van der Waals surface area contributed by atoms with E-state index in [1.807, 2.05) is 31.2 Å². The van der Waals surface area contributed by atoms with Gasteiger partial charge in [-0.25, -0.2) is 15.0 Å². The van der Waals surface area contributed by atoms with Crippen LogP contribution in [0.4, 0.5) is 5.82 Å². The van der Waals surface area contributed by atoms with Crippen LogP contribution in [0.15, 0.2) is 52.6 Å². The molecule has 0 fully saturated rings. The van der Waals surface area contributed by atoms with Gasteiger partial charge >= 0.3 is 0 Å². The van der Waals surface area contributed by atoms with Gasteiger partial charge in [-0.1, -0.05) is 29.8 Å². The van der Waals surface area contributed by atoms with Gasteiger partial charge in [0.1, 0.15) is 5.82 Å². The highest BCUT2D eigenvalue weighted by Crippen LogP contribution is 2.22. The third-order valence-corrected chi connectivity index (χ3v) is 2.71. The van der Waals surface area contributed by atoms with Crippen LogP contribution < -0.4 is 5.32 Å². The summed E-state index contributed by atoms with van der Waals surface area (Å²) in [6, 6.07) is 9.44. The number of nitrogens with one attached hydrogen (secondary N) is 1. The molecule has 96 valence electrons. The summed E-state index contributed by atoms with van der Waals surface area (Å²) in [7, 11) is 0. The Bertz CT molecular complexity index is 662. The molecule has 5 heteroatoms. The summed E-state index contributed by atoms with van der Waals surface area (Å²) in [5.41, 5.74) is 0.739. The van der Waals surface area contributed by atoms with Gasteiger partial charge in [0.15, 0.2) is 0 Å². The van der Waals surface area contributed by atoms with Gasteiger partial charge in [0.2, 0.25) is 5.96 Å². The molecular formula is C14H13ClN4. The molecular weight excluding hydrogens is 260 g/mol. The van der Waals surface area contributed by atoms with Crippen molar-refractivity contribution in [2.24, 2.45) is 9.98 Å². The van der Waals surface area contributed by atoms with Crippen molar-refractivity contribution in [2.45, 2.75) is 6.92 Å². The lowest BCUT2D eigenvalue weighted by molar-refractivity contribution is 1.36. The summed E-state index contributed by atoms with van der Waals surface area (Å²) in [6.45, 7) is 5.33. The average Bonchev–Trinajstić information content (AvgIpc) is 2.44. The number of pyridine rings is 1. The first-order valence-corrected chi connectivity index (χ1v) is 6.10. The number of benzene rings is 1. The van der Waals surface area contributed by atoms with E-state index in [9.17, 15) is 0 Å². The molecule has 1 heterocycles. The number of hydrogen-bond donors (Lipinski definition) is 1. The molecule has 2 rings (SSSR count). The number of fused-ring (bicyclic) bond motifs is 1. The van der Waals surface area contributed by atoms with Crippen LogP contribution in [-0.2, 0) is 0 Å². The van der Waals surface area contributed by atoms with Crippen molar-refractivity contribution < 1.29 is 0 Å². The van der Waals surface area contributed by atoms with E-state index in [-0.39, 0.29) is 0 Å². The maximum Gasteiger partial charge on any atom is 0.227 e. The van der Waals surface area contributed by atoms with Gasteiger partial charge in [-0.3, -0.25) is 0 Å². The van der Waals surface area contributed by atoms with Gasteiger partial charge in [0.05, 0.1) is 10.5 Å². The summed E-state index contributed by atoms with van der Waals surface area (Å²) in [5, 5.41) is 4.58. The van der Waals surface area contributed by atoms with Gasteiger partial charge in [0.25, 0.3) is 0 Å². The van der Waals surface area contributed by atoms with Crippen LogP contribution in [0, 0.1) is 0 Å². The molecule has 0 aliphatic carbocycles. The summed E-state index contributed by atoms with van der Waals surface area (Å²) in [4.78, 5) is 12.3. The minimum Gasteiger partial charge on any atom is -0.309 e. The molecule has 19 heavy (non-hydrogen) atoms. The fourth-order valence-electron chi connectivity index (χ4n) is 1.55. The Labute approximate surface area is 116 Å². The molecule has 1 aromatic carbocycles. The molecule has 0 spiro atoms. The number of rotatable bonds is 2. The molecule has 0 saturated carbocycles. The lowest BCUT2D eigenvalue weighted by Gasteiger charge is -2.06. The Morgan fingerprint density at radius 1 is 1.37 bits per heavy atom. The zero-order valence-electron chi connectivity index (χ0n) is 10.5. The van der Waals surface area contributed by atoms with Gasteiger partial charge in [-0.05, 0) is 31.8 Å². The Balaban J connectivity index is 2.36. The van der Waals surface area contributed by atoms with Crippen LogP contribution in [0.5, 0.6) is 0 Å². The van der Waals surface area contributed by atoms with E-state index >= 15 is 0 Å². The van der Waals surface area contributed by atoms with E-state index in [0.717, 1.165) is 10.9 Å². The van der Waals surface area contributed by atoms with Gasteiger partial charge in [-0.15, -0.1) is 0 Å². The summed E-state index contributed by atoms with van der Waals surface area (Å²) in [6.07, 6.45) is 3.43. The molecule has 0 saturated heterocycles. The topological polar surface area (TPSA) is 49.6 Å². The van der Waals surface area contributed by atoms with Crippen LogP contribution in [-0.4, -0.2) is 17.7 Å². The Hall–Kier alpha value is -2.20. The number of halogens is 1. The summed E-state index contributed by atoms with van der Waals surface area (Å²) < 4.78 is 0. The van der Waals surface area contributed by atoms with E-state index in [1.165, 1.54) is 0 Å². The van der Waals surface area contributed by atoms with Crippen molar-refractivity contribution in [1.82, 2.24) is 4.98 Å². The molecule has 0 atom stereocenters. The standard InChI is InChI=1S/C14H13ClN4/c1-3-9-17-14(16-2)19-12-8-7-10-5-4-6-11(15)13(10)18-12/h3-9H,2H2,1H3,(H,17,18,19)/b9-3-. The smallest absolute Gasteiger partial charge is 0.227 e. The maximum atomic E-state index is 6.12. The van der Waals surface area contributed by atoms with E-state index in [0.29, 0.717) is 16.8 Å². The number of aromatic nitrogens is 1. The number of guanidine groups is 1. The van der Waals surface area contributed by atoms with Crippen LogP contribution in [0.25, 0.3) is 10.9 Å². The minimum absolute atomic E-state index is 0.386. The zero-order valence-corrected chi connectivity index (χ0v) is 11.2. The molecule has 1 N–H and O–H groups in total. The van der Waals surface area contributed by atoms with Crippen molar-refractivity contribution in [3.63, 3.8) is 0 Å². The van der Waals surface area contributed by atoms with Crippen LogP contribution in [0.1, 0.15) is 6.92 Å². The number of para-hydroxylation sites is 1. The molecule has 0 aliphatic rings. The molecule has 2 aromatic rings. The predicted octanol–water partition coefficient (Wildman–Crippen LogP) is 3.89. The SMILES string of the molecule is C=N/C(=N\C=C/C)Nc1ccc2cccc(Cl)c2n1. The van der Waals surface area contributed by atoms with E-state index < -0.39 is 0 Å². The highest BCUT2D eigenvalue weighted by molar-refractivity contribution is 6.35. The highest BCUT2D eigenvalue weighted by atomic mass is 35.5. The number of nitrogens with zero attached hydrogens (tertiary/aromatic N) is 3. The van der Waals surface area contributed by atoms with E-state index in [2.05, 4.69) is 27.0 Å². The van der Waals surface area contributed by atoms with Gasteiger partial charge < -0.3 is 5.32 Å². The summed E-state index contributed by atoms with van der Waals surface area (Å²) in [5.74, 6) is 1.01. The molecule has 0 aliphatic heterocycles. The Morgan fingerprint density at radius 3 is 2.95 bits per heavy atom. The number of anilines is 1. The quantitative estimate of drug-likeness (QED) is 0.666. The van der Waals surface area contributed by atoms with Gasteiger partial charge in [0, 0.05) is 11.6 Å². The second-order valence-corrected chi connectivity index (χ2v) is 4.13. The number of hydrogen-bond acceptors (Lipinski definition) is 2. The molecule has 0 unspecified atom stereocenters. The lowest BCUT2D eigenvalue weighted by atomic mass is 10.2. The average molecular weight is 273 g/mol. The molecule has 0 radical (unpaired) electrons. The fourth-order valence-corrected chi connectivity index (χ4v) is 1.78. The molecule has 1 aromatic heterocycles. The first-order valence-electron chi connectivity index (χ1n) is 5.72. The van der Waals surface area contributed by atoms with Crippen molar-refractivity contribution in [3.8, 4) is 0 Å². The van der Waals surface area contributed by atoms with Gasteiger partial charge in [-0.2, -0.15) is 0 Å². The van der Waals surface area contributed by atoms with Crippen molar-refractivity contribution >= 4 is 41.0 Å². The third-order valence-electron chi connectivity index (χ3n) is 2.41. The normalized spacial score (nSPS) is 12.0. The molecule has 0 bridgehead atoms. The number of allylic oxidation sites excluding steroid dienone is 1. The second kappa shape index (κ2) is 6.11.